The van der Waals surface area contributed by atoms with Gasteiger partial charge in [0.15, 0.2) is 0 Å². The van der Waals surface area contributed by atoms with Crippen LogP contribution in [0, 0.1) is 34.0 Å². The summed E-state index contributed by atoms with van der Waals surface area (Å²) in [6.07, 6.45) is 5.97. The first-order chi connectivity index (χ1) is 15.2. The van der Waals surface area contributed by atoms with Crippen molar-refractivity contribution in [2.75, 3.05) is 21.0 Å². The van der Waals surface area contributed by atoms with Gasteiger partial charge in [0.25, 0.3) is 0 Å². The Labute approximate surface area is 194 Å². The van der Waals surface area contributed by atoms with E-state index in [0.717, 1.165) is 38.5 Å². The molecule has 3 fully saturated rings. The highest BCUT2D eigenvalue weighted by Crippen LogP contribution is 2.68. The Hall–Kier alpha value is -1.23. The van der Waals surface area contributed by atoms with Gasteiger partial charge in [0.1, 0.15) is 12.6 Å². The predicted octanol–water partition coefficient (Wildman–Crippen LogP) is 5.68. The van der Waals surface area contributed by atoms with Crippen LogP contribution in [0.15, 0.2) is 30.3 Å². The summed E-state index contributed by atoms with van der Waals surface area (Å²) in [7, 11) is 3.53. The molecular weight excluding hydrogens is 400 g/mol. The monoisotopic (exact) mass is 442 g/mol. The number of hydrogen-bond donors (Lipinski definition) is 0. The normalized spacial score (nSPS) is 44.1. The zero-order valence-corrected chi connectivity index (χ0v) is 20.9. The number of methoxy groups -OCH3 is 2. The Bertz CT molecular complexity index is 809. The Kier molecular flexibility index (Phi) is 6.61. The molecule has 0 radical (unpaired) electrons. The zero-order chi connectivity index (χ0) is 23.1. The number of ketones is 1. The zero-order valence-electron chi connectivity index (χ0n) is 20.9. The third kappa shape index (κ3) is 3.58. The highest BCUT2D eigenvalue weighted by Gasteiger charge is 2.68. The van der Waals surface area contributed by atoms with E-state index in [0.29, 0.717) is 17.6 Å². The fourth-order valence-corrected chi connectivity index (χ4v) is 8.09. The molecule has 0 aliphatic heterocycles. The quantitative estimate of drug-likeness (QED) is 0.532. The van der Waals surface area contributed by atoms with Gasteiger partial charge in [-0.3, -0.25) is 4.79 Å². The summed E-state index contributed by atoms with van der Waals surface area (Å²) >= 11 is 0. The average molecular weight is 443 g/mol. The molecule has 4 nitrogen and oxygen atoms in total. The number of benzene rings is 1. The number of rotatable bonds is 6. The van der Waals surface area contributed by atoms with Crippen molar-refractivity contribution in [2.45, 2.75) is 78.4 Å². The molecule has 0 spiro atoms. The summed E-state index contributed by atoms with van der Waals surface area (Å²) < 4.78 is 18.0. The Morgan fingerprint density at radius 1 is 1.03 bits per heavy atom. The molecule has 4 unspecified atom stereocenters. The molecular formula is C28H42O4. The number of ether oxygens (including phenoxy) is 3. The summed E-state index contributed by atoms with van der Waals surface area (Å²) in [4.78, 5) is 14.3. The minimum atomic E-state index is -0.472. The lowest BCUT2D eigenvalue weighted by Crippen LogP contribution is -2.63. The first-order valence-electron chi connectivity index (χ1n) is 12.4. The maximum Gasteiger partial charge on any atom is 0.146 e. The van der Waals surface area contributed by atoms with Crippen molar-refractivity contribution in [3.8, 4) is 0 Å². The van der Waals surface area contributed by atoms with Crippen LogP contribution >= 0.6 is 0 Å². The van der Waals surface area contributed by atoms with E-state index in [-0.39, 0.29) is 35.7 Å². The molecule has 8 atom stereocenters. The number of Topliss-reactive ketones (excluding diaryl/α,β-unsaturated/α-hetero) is 1. The van der Waals surface area contributed by atoms with Crippen molar-refractivity contribution in [2.24, 2.45) is 34.0 Å². The predicted molar refractivity (Wildman–Crippen MR) is 126 cm³/mol. The minimum absolute atomic E-state index is 0.00787. The molecule has 0 amide bonds. The lowest BCUT2D eigenvalue weighted by atomic mass is 9.43. The molecule has 1 aromatic rings. The van der Waals surface area contributed by atoms with Crippen LogP contribution in [0.3, 0.4) is 0 Å². The molecule has 178 valence electrons. The Morgan fingerprint density at radius 2 is 1.72 bits per heavy atom. The lowest BCUT2D eigenvalue weighted by molar-refractivity contribution is -0.219. The molecule has 1 aromatic carbocycles. The smallest absolute Gasteiger partial charge is 0.146 e. The van der Waals surface area contributed by atoms with E-state index in [1.54, 1.807) is 7.11 Å². The van der Waals surface area contributed by atoms with E-state index in [1.165, 1.54) is 5.56 Å². The van der Waals surface area contributed by atoms with E-state index in [1.807, 2.05) is 13.2 Å². The molecule has 4 rings (SSSR count). The fraction of sp³-hybridized carbons (Fsp3) is 0.750. The average Bonchev–Trinajstić information content (AvgIpc) is 3.19. The SMILES string of the molecule is COCOC1C[C@@](C)(Cc2ccccc2)C(=O)[C@H](C)C23CCC(OC)C2[C@@]1(C)[C@H](C)CC3. The number of hydrogen-bond acceptors (Lipinski definition) is 4. The minimum Gasteiger partial charge on any atom is -0.381 e. The van der Waals surface area contributed by atoms with Crippen molar-refractivity contribution in [3.05, 3.63) is 35.9 Å². The van der Waals surface area contributed by atoms with Gasteiger partial charge >= 0.3 is 0 Å². The van der Waals surface area contributed by atoms with Crippen molar-refractivity contribution in [1.82, 2.24) is 0 Å². The second-order valence-corrected chi connectivity index (χ2v) is 11.4. The summed E-state index contributed by atoms with van der Waals surface area (Å²) in [5, 5.41) is 0. The van der Waals surface area contributed by atoms with Crippen molar-refractivity contribution in [1.29, 1.82) is 0 Å². The van der Waals surface area contributed by atoms with E-state index in [9.17, 15) is 4.79 Å². The number of carbonyl (C=O) groups is 1. The van der Waals surface area contributed by atoms with Crippen LogP contribution in [0.4, 0.5) is 0 Å². The second kappa shape index (κ2) is 8.85. The molecule has 32 heavy (non-hydrogen) atoms. The lowest BCUT2D eigenvalue weighted by Gasteiger charge is -2.62. The van der Waals surface area contributed by atoms with Crippen LogP contribution in [0.5, 0.6) is 0 Å². The van der Waals surface area contributed by atoms with Crippen LogP contribution in [0.25, 0.3) is 0 Å². The summed E-state index contributed by atoms with van der Waals surface area (Å²) in [5.74, 6) is 1.26. The first-order valence-corrected chi connectivity index (χ1v) is 12.4. The molecule has 0 heterocycles. The molecule has 2 bridgehead atoms. The van der Waals surface area contributed by atoms with E-state index in [4.69, 9.17) is 14.2 Å². The molecule has 0 N–H and O–H groups in total. The summed E-state index contributed by atoms with van der Waals surface area (Å²) in [6, 6.07) is 10.5. The van der Waals surface area contributed by atoms with Gasteiger partial charge in [-0.15, -0.1) is 0 Å². The van der Waals surface area contributed by atoms with Gasteiger partial charge in [-0.25, -0.2) is 0 Å². The van der Waals surface area contributed by atoms with Gasteiger partial charge in [-0.1, -0.05) is 58.0 Å². The molecule has 3 aliphatic rings. The third-order valence-electron chi connectivity index (χ3n) is 9.97. The topological polar surface area (TPSA) is 44.8 Å². The van der Waals surface area contributed by atoms with Crippen LogP contribution < -0.4 is 0 Å². The van der Waals surface area contributed by atoms with Crippen LogP contribution in [0.1, 0.15) is 65.4 Å². The summed E-state index contributed by atoms with van der Waals surface area (Å²) in [6.45, 7) is 9.49. The van der Waals surface area contributed by atoms with Crippen LogP contribution in [-0.2, 0) is 25.4 Å². The fourth-order valence-electron chi connectivity index (χ4n) is 8.09. The van der Waals surface area contributed by atoms with Gasteiger partial charge < -0.3 is 14.2 Å². The second-order valence-electron chi connectivity index (χ2n) is 11.4. The largest absolute Gasteiger partial charge is 0.381 e. The van der Waals surface area contributed by atoms with Gasteiger partial charge in [-0.05, 0) is 61.3 Å². The van der Waals surface area contributed by atoms with Crippen molar-refractivity contribution in [3.63, 3.8) is 0 Å². The molecule has 3 saturated carbocycles. The molecule has 0 saturated heterocycles. The van der Waals surface area contributed by atoms with Crippen molar-refractivity contribution >= 4 is 5.78 Å². The standard InChI is InChI=1S/C28H42O4/c1-19-12-14-28-15-13-22(31-6)24(28)27(19,4)23(32-18-30-5)17-26(3,25(29)20(28)2)16-21-10-8-7-9-11-21/h7-11,19-20,22-24H,12-18H2,1-6H3/t19-,20+,22?,23?,24?,26-,27+,28?/m1/s1. The van der Waals surface area contributed by atoms with E-state index in [2.05, 4.69) is 52.0 Å². The molecule has 3 aliphatic carbocycles. The van der Waals surface area contributed by atoms with Gasteiger partial charge in [0.05, 0.1) is 12.2 Å². The van der Waals surface area contributed by atoms with Crippen LogP contribution in [-0.4, -0.2) is 39.0 Å². The van der Waals surface area contributed by atoms with Gasteiger partial charge in [-0.2, -0.15) is 0 Å². The summed E-state index contributed by atoms with van der Waals surface area (Å²) in [5.41, 5.74) is 0.674. The maximum absolute atomic E-state index is 14.3. The van der Waals surface area contributed by atoms with Gasteiger partial charge in [0, 0.05) is 31.0 Å². The van der Waals surface area contributed by atoms with Gasteiger partial charge in [0.2, 0.25) is 0 Å². The van der Waals surface area contributed by atoms with E-state index >= 15 is 0 Å². The number of carbonyl (C=O) groups excluding carboxylic acids is 1. The van der Waals surface area contributed by atoms with Crippen molar-refractivity contribution < 1.29 is 19.0 Å². The molecule has 0 aromatic heterocycles. The Morgan fingerprint density at radius 3 is 2.38 bits per heavy atom. The van der Waals surface area contributed by atoms with E-state index < -0.39 is 5.41 Å². The third-order valence-corrected chi connectivity index (χ3v) is 9.97. The maximum atomic E-state index is 14.3. The highest BCUT2D eigenvalue weighted by atomic mass is 16.7. The Balaban J connectivity index is 1.84. The first kappa shape index (κ1) is 23.9. The molecule has 4 heteroatoms. The van der Waals surface area contributed by atoms with Crippen LogP contribution in [0.2, 0.25) is 0 Å². The highest BCUT2D eigenvalue weighted by molar-refractivity contribution is 5.88.